The van der Waals surface area contributed by atoms with Crippen LogP contribution < -0.4 is 0 Å². The van der Waals surface area contributed by atoms with Crippen LogP contribution in [0.25, 0.3) is 0 Å². The van der Waals surface area contributed by atoms with Gasteiger partial charge in [-0.3, -0.25) is 4.79 Å². The topological polar surface area (TPSA) is 17.1 Å². The molecule has 0 radical (unpaired) electrons. The van der Waals surface area contributed by atoms with E-state index in [0.717, 1.165) is 53.9 Å². The maximum atomic E-state index is 12.3. The zero-order valence-electron chi connectivity index (χ0n) is 23.1. The van der Waals surface area contributed by atoms with E-state index in [1.807, 2.05) is 11.8 Å². The Morgan fingerprint density at radius 3 is 2.47 bits per heavy atom. The fourth-order valence-electron chi connectivity index (χ4n) is 8.87. The smallest absolute Gasteiger partial charge is 0.238 e. The Balaban J connectivity index is 1.18. The van der Waals surface area contributed by atoms with E-state index in [2.05, 4.69) is 19.9 Å². The van der Waals surface area contributed by atoms with Crippen LogP contribution in [0.15, 0.2) is 11.6 Å². The predicted molar refractivity (Wildman–Crippen MR) is 150 cm³/mol. The second-order valence-electron chi connectivity index (χ2n) is 13.1. The second kappa shape index (κ2) is 13.6. The monoisotopic (exact) mass is 522 g/mol. The molecule has 36 heavy (non-hydrogen) atoms. The summed E-state index contributed by atoms with van der Waals surface area (Å²) in [7, 11) is 0. The molecule has 4 rings (SSSR count). The van der Waals surface area contributed by atoms with Crippen molar-refractivity contribution in [2.24, 2.45) is 40.9 Å². The molecule has 206 valence electrons. The number of halogens is 2. The van der Waals surface area contributed by atoms with Gasteiger partial charge < -0.3 is 0 Å². The number of carbonyl (C=O) groups excluding carboxylic acids is 1. The number of unbranched alkanes of at least 4 members (excludes halogenated alkanes) is 6. The first-order chi connectivity index (χ1) is 17.4. The SMILES string of the molecule is C[C@H]1CCC2C3C(CCCCCCCCCSCCCC(F)F)CC4=CC(=O)CCC4C3CC[C@@]21C. The quantitative estimate of drug-likeness (QED) is 0.211. The van der Waals surface area contributed by atoms with Gasteiger partial charge >= 0.3 is 0 Å². The largest absolute Gasteiger partial charge is 0.295 e. The molecule has 0 N–H and O–H groups in total. The van der Waals surface area contributed by atoms with E-state index in [1.54, 1.807) is 5.57 Å². The molecule has 4 heteroatoms. The number of carbonyl (C=O) groups is 1. The first-order valence-corrected chi connectivity index (χ1v) is 16.6. The Morgan fingerprint density at radius 2 is 1.69 bits per heavy atom. The first-order valence-electron chi connectivity index (χ1n) is 15.5. The number of hydrogen-bond donors (Lipinski definition) is 0. The fourth-order valence-corrected chi connectivity index (χ4v) is 9.86. The molecular formula is C32H52F2OS. The van der Waals surface area contributed by atoms with E-state index in [-0.39, 0.29) is 6.42 Å². The zero-order valence-corrected chi connectivity index (χ0v) is 23.9. The van der Waals surface area contributed by atoms with Crippen LogP contribution in [0.1, 0.15) is 123 Å². The number of fused-ring (bicyclic) bond motifs is 5. The molecule has 7 atom stereocenters. The highest BCUT2D eigenvalue weighted by atomic mass is 32.2. The summed E-state index contributed by atoms with van der Waals surface area (Å²) in [6, 6.07) is 0. The van der Waals surface area contributed by atoms with Crippen molar-refractivity contribution in [3.05, 3.63) is 11.6 Å². The number of rotatable bonds is 14. The summed E-state index contributed by atoms with van der Waals surface area (Å²) in [6.45, 7) is 5.15. The molecule has 4 aliphatic carbocycles. The minimum Gasteiger partial charge on any atom is -0.295 e. The minimum absolute atomic E-state index is 0.0602. The molecule has 4 aliphatic rings. The normalized spacial score (nSPS) is 35.9. The molecule has 0 amide bonds. The fraction of sp³-hybridized carbons (Fsp3) is 0.906. The first kappa shape index (κ1) is 28.6. The Labute approximate surface area is 224 Å². The lowest BCUT2D eigenvalue weighted by Crippen LogP contribution is -2.49. The van der Waals surface area contributed by atoms with E-state index in [1.165, 1.54) is 83.5 Å². The highest BCUT2D eigenvalue weighted by Crippen LogP contribution is 2.65. The van der Waals surface area contributed by atoms with Crippen LogP contribution in [0.2, 0.25) is 0 Å². The van der Waals surface area contributed by atoms with Crippen LogP contribution >= 0.6 is 11.8 Å². The van der Waals surface area contributed by atoms with E-state index in [4.69, 9.17) is 0 Å². The van der Waals surface area contributed by atoms with E-state index in [9.17, 15) is 13.6 Å². The van der Waals surface area contributed by atoms with Crippen LogP contribution in [0, 0.1) is 40.9 Å². The van der Waals surface area contributed by atoms with Gasteiger partial charge in [-0.15, -0.1) is 0 Å². The molecule has 0 spiro atoms. The van der Waals surface area contributed by atoms with Crippen LogP contribution in [0.4, 0.5) is 8.78 Å². The van der Waals surface area contributed by atoms with Crippen LogP contribution in [0.5, 0.6) is 0 Å². The summed E-state index contributed by atoms with van der Waals surface area (Å²) in [4.78, 5) is 12.3. The molecule has 3 saturated carbocycles. The summed E-state index contributed by atoms with van der Waals surface area (Å²) in [5, 5.41) is 0. The molecule has 0 heterocycles. The molecular weight excluding hydrogens is 470 g/mol. The Hall–Kier alpha value is -0.380. The molecule has 0 aromatic rings. The Kier molecular flexibility index (Phi) is 10.8. The standard InChI is InChI=1S/C32H52F2OS/c1-23-13-16-29-31-24(11-8-6-4-3-5-7-9-19-36-20-10-12-30(33)34)21-25-22-26(35)14-15-27(25)28(31)17-18-32(23,29)2/h22-24,27-31H,3-21H2,1-2H3/t23-,24?,27?,28?,29?,31?,32+/m0/s1. The predicted octanol–water partition coefficient (Wildman–Crippen LogP) is 9.89. The third-order valence-corrected chi connectivity index (χ3v) is 12.2. The van der Waals surface area contributed by atoms with Crippen molar-refractivity contribution >= 4 is 17.5 Å². The molecule has 0 aromatic heterocycles. The molecule has 5 unspecified atom stereocenters. The molecule has 0 aromatic carbocycles. The average Bonchev–Trinajstić information content (AvgIpc) is 3.15. The van der Waals surface area contributed by atoms with Crippen molar-refractivity contribution in [3.8, 4) is 0 Å². The van der Waals surface area contributed by atoms with E-state index < -0.39 is 6.43 Å². The molecule has 0 saturated heterocycles. The zero-order chi connectivity index (χ0) is 25.5. The number of thioether (sulfide) groups is 1. The van der Waals surface area contributed by atoms with Gasteiger partial charge in [-0.05, 0) is 116 Å². The third kappa shape index (κ3) is 6.97. The van der Waals surface area contributed by atoms with Gasteiger partial charge in [-0.25, -0.2) is 8.78 Å². The minimum atomic E-state index is -2.13. The van der Waals surface area contributed by atoms with Crippen molar-refractivity contribution in [3.63, 3.8) is 0 Å². The molecule has 3 fully saturated rings. The number of ketones is 1. The van der Waals surface area contributed by atoms with Gasteiger partial charge in [-0.2, -0.15) is 11.8 Å². The van der Waals surface area contributed by atoms with Crippen LogP contribution in [-0.4, -0.2) is 23.7 Å². The van der Waals surface area contributed by atoms with Gasteiger partial charge in [-0.1, -0.05) is 57.9 Å². The third-order valence-electron chi connectivity index (χ3n) is 11.0. The number of allylic oxidation sites excluding steroid dienone is 1. The average molecular weight is 523 g/mol. The summed E-state index contributed by atoms with van der Waals surface area (Å²) >= 11 is 1.85. The molecule has 1 nitrogen and oxygen atoms in total. The summed E-state index contributed by atoms with van der Waals surface area (Å²) in [6.07, 6.45) is 20.1. The van der Waals surface area contributed by atoms with E-state index >= 15 is 0 Å². The summed E-state index contributed by atoms with van der Waals surface area (Å²) in [5.41, 5.74) is 2.10. The maximum Gasteiger partial charge on any atom is 0.238 e. The second-order valence-corrected chi connectivity index (χ2v) is 14.3. The van der Waals surface area contributed by atoms with Gasteiger partial charge in [0.25, 0.3) is 0 Å². The van der Waals surface area contributed by atoms with Gasteiger partial charge in [0.15, 0.2) is 5.78 Å². The lowest BCUT2D eigenvalue weighted by atomic mass is 9.48. The lowest BCUT2D eigenvalue weighted by molar-refractivity contribution is -0.116. The van der Waals surface area contributed by atoms with Gasteiger partial charge in [0.1, 0.15) is 0 Å². The summed E-state index contributed by atoms with van der Waals surface area (Å²) in [5.74, 6) is 7.48. The summed E-state index contributed by atoms with van der Waals surface area (Å²) < 4.78 is 24.3. The van der Waals surface area contributed by atoms with Crippen molar-refractivity contribution in [1.82, 2.24) is 0 Å². The van der Waals surface area contributed by atoms with Gasteiger partial charge in [0.05, 0.1) is 0 Å². The van der Waals surface area contributed by atoms with Crippen molar-refractivity contribution in [1.29, 1.82) is 0 Å². The van der Waals surface area contributed by atoms with Gasteiger partial charge in [0.2, 0.25) is 6.43 Å². The van der Waals surface area contributed by atoms with Crippen LogP contribution in [0.3, 0.4) is 0 Å². The lowest BCUT2D eigenvalue weighted by Gasteiger charge is -2.56. The van der Waals surface area contributed by atoms with Crippen molar-refractivity contribution in [2.75, 3.05) is 11.5 Å². The number of alkyl halides is 2. The highest BCUT2D eigenvalue weighted by Gasteiger charge is 2.57. The molecule has 0 bridgehead atoms. The number of hydrogen-bond acceptors (Lipinski definition) is 2. The highest BCUT2D eigenvalue weighted by molar-refractivity contribution is 7.99. The molecule has 0 aliphatic heterocycles. The van der Waals surface area contributed by atoms with E-state index in [0.29, 0.717) is 23.5 Å². The van der Waals surface area contributed by atoms with Gasteiger partial charge in [0, 0.05) is 12.8 Å². The van der Waals surface area contributed by atoms with Crippen LogP contribution in [-0.2, 0) is 4.79 Å². The van der Waals surface area contributed by atoms with Crippen molar-refractivity contribution < 1.29 is 13.6 Å². The Bertz CT molecular complexity index is 736. The Morgan fingerprint density at radius 1 is 0.972 bits per heavy atom. The maximum absolute atomic E-state index is 12.3. The van der Waals surface area contributed by atoms with Crippen molar-refractivity contribution in [2.45, 2.75) is 129 Å².